The van der Waals surface area contributed by atoms with Crippen molar-refractivity contribution in [3.8, 4) is 0 Å². The standard InChI is InChI=1S/C9H16FNO3/c1-3-11(5-8(13)4-10)9(14)7(2)6-12/h8,12-13H,2-6H2,1H3. The van der Waals surface area contributed by atoms with Crippen LogP contribution < -0.4 is 0 Å². The number of carbonyl (C=O) groups excluding carboxylic acids is 1. The summed E-state index contributed by atoms with van der Waals surface area (Å²) in [5.41, 5.74) is 0.0397. The Hall–Kier alpha value is -0.940. The molecule has 0 saturated carbocycles. The first-order valence-electron chi connectivity index (χ1n) is 4.38. The molecule has 82 valence electrons. The number of carbonyl (C=O) groups is 1. The first kappa shape index (κ1) is 13.1. The van der Waals surface area contributed by atoms with Gasteiger partial charge in [-0.05, 0) is 6.92 Å². The number of aliphatic hydroxyl groups is 2. The highest BCUT2D eigenvalue weighted by Crippen LogP contribution is 2.01. The molecule has 0 spiro atoms. The van der Waals surface area contributed by atoms with E-state index < -0.39 is 25.3 Å². The maximum Gasteiger partial charge on any atom is 0.251 e. The Bertz CT molecular complexity index is 208. The lowest BCUT2D eigenvalue weighted by atomic mass is 10.2. The third-order valence-electron chi connectivity index (χ3n) is 1.77. The van der Waals surface area contributed by atoms with Crippen molar-refractivity contribution in [2.75, 3.05) is 26.4 Å². The van der Waals surface area contributed by atoms with Crippen LogP contribution in [0.5, 0.6) is 0 Å². The molecule has 0 radical (unpaired) electrons. The summed E-state index contributed by atoms with van der Waals surface area (Å²) in [6, 6.07) is 0. The molecule has 0 saturated heterocycles. The van der Waals surface area contributed by atoms with E-state index in [-0.39, 0.29) is 12.1 Å². The Morgan fingerprint density at radius 2 is 2.21 bits per heavy atom. The van der Waals surface area contributed by atoms with Gasteiger partial charge < -0.3 is 15.1 Å². The average molecular weight is 205 g/mol. The Kier molecular flexibility index (Phi) is 6.07. The maximum absolute atomic E-state index is 12.0. The minimum atomic E-state index is -1.18. The molecule has 0 aliphatic rings. The lowest BCUT2D eigenvalue weighted by molar-refractivity contribution is -0.128. The van der Waals surface area contributed by atoms with Crippen LogP contribution in [-0.4, -0.2) is 53.5 Å². The van der Waals surface area contributed by atoms with Gasteiger partial charge in [0, 0.05) is 18.7 Å². The zero-order valence-electron chi connectivity index (χ0n) is 8.24. The lowest BCUT2D eigenvalue weighted by Gasteiger charge is -2.23. The van der Waals surface area contributed by atoms with Gasteiger partial charge in [0.1, 0.15) is 6.67 Å². The van der Waals surface area contributed by atoms with E-state index in [1.54, 1.807) is 6.92 Å². The molecule has 1 unspecified atom stereocenters. The minimum Gasteiger partial charge on any atom is -0.391 e. The van der Waals surface area contributed by atoms with E-state index in [0.29, 0.717) is 6.54 Å². The van der Waals surface area contributed by atoms with Gasteiger partial charge in [-0.25, -0.2) is 4.39 Å². The third kappa shape index (κ3) is 3.85. The van der Waals surface area contributed by atoms with Gasteiger partial charge in [0.05, 0.1) is 12.7 Å². The quantitative estimate of drug-likeness (QED) is 0.586. The molecule has 4 nitrogen and oxygen atoms in total. The van der Waals surface area contributed by atoms with Gasteiger partial charge in [0.25, 0.3) is 5.91 Å². The number of alkyl halides is 1. The summed E-state index contributed by atoms with van der Waals surface area (Å²) in [5, 5.41) is 17.7. The Labute approximate surface area is 82.6 Å². The van der Waals surface area contributed by atoms with Crippen LogP contribution in [0.25, 0.3) is 0 Å². The van der Waals surface area contributed by atoms with Gasteiger partial charge in [-0.3, -0.25) is 4.79 Å². The molecule has 0 aliphatic heterocycles. The molecule has 0 fully saturated rings. The van der Waals surface area contributed by atoms with Crippen LogP contribution in [0.2, 0.25) is 0 Å². The fourth-order valence-corrected chi connectivity index (χ4v) is 0.950. The molecule has 2 N–H and O–H groups in total. The number of likely N-dealkylation sites (N-methyl/N-ethyl adjacent to an activating group) is 1. The summed E-state index contributed by atoms with van der Waals surface area (Å²) in [5.74, 6) is -0.456. The second-order valence-electron chi connectivity index (χ2n) is 2.91. The van der Waals surface area contributed by atoms with Crippen molar-refractivity contribution in [1.29, 1.82) is 0 Å². The molecule has 0 aliphatic carbocycles. The van der Waals surface area contributed by atoms with E-state index in [4.69, 9.17) is 10.2 Å². The van der Waals surface area contributed by atoms with Crippen LogP contribution in [0.4, 0.5) is 4.39 Å². The van der Waals surface area contributed by atoms with Crippen molar-refractivity contribution >= 4 is 5.91 Å². The highest BCUT2D eigenvalue weighted by molar-refractivity contribution is 5.93. The predicted molar refractivity (Wildman–Crippen MR) is 50.5 cm³/mol. The van der Waals surface area contributed by atoms with Gasteiger partial charge >= 0.3 is 0 Å². The minimum absolute atomic E-state index is 0.0397. The van der Waals surface area contributed by atoms with E-state index in [1.807, 2.05) is 0 Å². The highest BCUT2D eigenvalue weighted by Gasteiger charge is 2.17. The predicted octanol–water partition coefficient (Wildman–Crippen LogP) is -0.286. The van der Waals surface area contributed by atoms with E-state index in [1.165, 1.54) is 4.90 Å². The Morgan fingerprint density at radius 3 is 2.57 bits per heavy atom. The van der Waals surface area contributed by atoms with Crippen molar-refractivity contribution in [2.24, 2.45) is 0 Å². The van der Waals surface area contributed by atoms with Crippen LogP contribution >= 0.6 is 0 Å². The summed E-state index contributed by atoms with van der Waals surface area (Å²) in [6.07, 6.45) is -1.18. The highest BCUT2D eigenvalue weighted by atomic mass is 19.1. The molecule has 0 aromatic heterocycles. The van der Waals surface area contributed by atoms with Gasteiger partial charge in [-0.1, -0.05) is 6.58 Å². The molecule has 1 atom stereocenters. The summed E-state index contributed by atoms with van der Waals surface area (Å²) >= 11 is 0. The summed E-state index contributed by atoms with van der Waals surface area (Å²) in [7, 11) is 0. The van der Waals surface area contributed by atoms with Crippen LogP contribution in [-0.2, 0) is 4.79 Å². The SMILES string of the molecule is C=C(CO)C(=O)N(CC)CC(O)CF. The Morgan fingerprint density at radius 1 is 1.64 bits per heavy atom. The van der Waals surface area contributed by atoms with Crippen LogP contribution in [0, 0.1) is 0 Å². The molecule has 0 rings (SSSR count). The second-order valence-corrected chi connectivity index (χ2v) is 2.91. The molecule has 0 heterocycles. The molecule has 5 heteroatoms. The summed E-state index contributed by atoms with van der Waals surface area (Å²) in [4.78, 5) is 12.6. The van der Waals surface area contributed by atoms with Crippen LogP contribution in [0.3, 0.4) is 0 Å². The number of hydrogen-bond donors (Lipinski definition) is 2. The number of aliphatic hydroxyl groups excluding tert-OH is 2. The molecule has 14 heavy (non-hydrogen) atoms. The van der Waals surface area contributed by atoms with E-state index >= 15 is 0 Å². The average Bonchev–Trinajstić information content (AvgIpc) is 2.23. The lowest BCUT2D eigenvalue weighted by Crippen LogP contribution is -2.39. The zero-order valence-corrected chi connectivity index (χ0v) is 8.24. The van der Waals surface area contributed by atoms with Crippen LogP contribution in [0.15, 0.2) is 12.2 Å². The molecule has 1 amide bonds. The van der Waals surface area contributed by atoms with Gasteiger partial charge in [0.2, 0.25) is 0 Å². The molecule has 0 aromatic carbocycles. The fraction of sp³-hybridized carbons (Fsp3) is 0.667. The van der Waals surface area contributed by atoms with Crippen molar-refractivity contribution in [3.63, 3.8) is 0 Å². The van der Waals surface area contributed by atoms with Gasteiger partial charge in [0.15, 0.2) is 0 Å². The largest absolute Gasteiger partial charge is 0.391 e. The van der Waals surface area contributed by atoms with Crippen molar-refractivity contribution in [1.82, 2.24) is 4.90 Å². The second kappa shape index (κ2) is 6.50. The van der Waals surface area contributed by atoms with Crippen molar-refractivity contribution < 1.29 is 19.4 Å². The third-order valence-corrected chi connectivity index (χ3v) is 1.77. The van der Waals surface area contributed by atoms with E-state index in [0.717, 1.165) is 0 Å². The van der Waals surface area contributed by atoms with E-state index in [9.17, 15) is 9.18 Å². The number of nitrogens with zero attached hydrogens (tertiary/aromatic N) is 1. The first-order valence-corrected chi connectivity index (χ1v) is 4.38. The molecule has 0 aromatic rings. The molecular formula is C9H16FNO3. The summed E-state index contributed by atoms with van der Waals surface area (Å²) < 4.78 is 12.0. The maximum atomic E-state index is 12.0. The topological polar surface area (TPSA) is 60.8 Å². The Balaban J connectivity index is 4.26. The number of halogens is 1. The van der Waals surface area contributed by atoms with Crippen LogP contribution in [0.1, 0.15) is 6.92 Å². The number of amides is 1. The monoisotopic (exact) mass is 205 g/mol. The number of hydrogen-bond acceptors (Lipinski definition) is 3. The normalized spacial score (nSPS) is 12.3. The summed E-state index contributed by atoms with van der Waals surface area (Å²) in [6.45, 7) is 4.00. The number of rotatable bonds is 6. The first-order chi connectivity index (χ1) is 6.56. The van der Waals surface area contributed by atoms with Gasteiger partial charge in [-0.15, -0.1) is 0 Å². The van der Waals surface area contributed by atoms with E-state index in [2.05, 4.69) is 6.58 Å². The fourth-order valence-electron chi connectivity index (χ4n) is 0.950. The molecule has 0 bridgehead atoms. The molecular weight excluding hydrogens is 189 g/mol. The smallest absolute Gasteiger partial charge is 0.251 e. The van der Waals surface area contributed by atoms with Crippen molar-refractivity contribution in [3.05, 3.63) is 12.2 Å². The van der Waals surface area contributed by atoms with Gasteiger partial charge in [-0.2, -0.15) is 0 Å². The zero-order chi connectivity index (χ0) is 11.1. The van der Waals surface area contributed by atoms with Crippen molar-refractivity contribution in [2.45, 2.75) is 13.0 Å².